The first-order valence-electron chi connectivity index (χ1n) is 7.43. The Hall–Kier alpha value is -3.48. The normalized spacial score (nSPS) is 10.4. The Labute approximate surface area is 142 Å². The van der Waals surface area contributed by atoms with E-state index in [4.69, 9.17) is 5.11 Å². The van der Waals surface area contributed by atoms with E-state index in [-0.39, 0.29) is 16.8 Å². The van der Waals surface area contributed by atoms with Crippen molar-refractivity contribution in [1.82, 2.24) is 9.78 Å². The third-order valence-electron chi connectivity index (χ3n) is 3.54. The Morgan fingerprint density at radius 3 is 2.60 bits per heavy atom. The highest BCUT2D eigenvalue weighted by atomic mass is 19.1. The Balaban J connectivity index is 1.74. The molecule has 6 nitrogen and oxygen atoms in total. The molecule has 0 unspecified atom stereocenters. The summed E-state index contributed by atoms with van der Waals surface area (Å²) >= 11 is 0. The minimum absolute atomic E-state index is 0.114. The third kappa shape index (κ3) is 3.89. The molecule has 2 N–H and O–H groups in total. The molecule has 3 aromatic rings. The minimum atomic E-state index is -1.20. The third-order valence-corrected chi connectivity index (χ3v) is 3.54. The molecule has 0 aliphatic rings. The number of aromatic nitrogens is 2. The summed E-state index contributed by atoms with van der Waals surface area (Å²) in [6.45, 7) is 0.497. The summed E-state index contributed by atoms with van der Waals surface area (Å²) in [6, 6.07) is 12.8. The van der Waals surface area contributed by atoms with Crippen LogP contribution in [-0.2, 0) is 6.54 Å². The summed E-state index contributed by atoms with van der Waals surface area (Å²) in [7, 11) is 0. The fraction of sp³-hybridized carbons (Fsp3) is 0.0556. The first kappa shape index (κ1) is 16.4. The molecule has 0 bridgehead atoms. The average molecular weight is 339 g/mol. The van der Waals surface area contributed by atoms with E-state index >= 15 is 0 Å². The number of rotatable bonds is 5. The number of amides is 1. The van der Waals surface area contributed by atoms with Crippen molar-refractivity contribution in [2.24, 2.45) is 0 Å². The number of carboxylic acids is 1. The van der Waals surface area contributed by atoms with Crippen molar-refractivity contribution < 1.29 is 19.1 Å². The van der Waals surface area contributed by atoms with Gasteiger partial charge in [0.25, 0.3) is 5.91 Å². The van der Waals surface area contributed by atoms with Gasteiger partial charge in [-0.1, -0.05) is 30.3 Å². The van der Waals surface area contributed by atoms with E-state index in [9.17, 15) is 14.0 Å². The number of anilines is 1. The zero-order chi connectivity index (χ0) is 17.8. The molecule has 0 atom stereocenters. The highest BCUT2D eigenvalue weighted by molar-refractivity contribution is 6.04. The second-order valence-corrected chi connectivity index (χ2v) is 5.37. The summed E-state index contributed by atoms with van der Waals surface area (Å²) in [5.74, 6) is -2.48. The molecule has 0 radical (unpaired) electrons. The second-order valence-electron chi connectivity index (χ2n) is 5.37. The van der Waals surface area contributed by atoms with Crippen molar-refractivity contribution >= 4 is 17.6 Å². The predicted octanol–water partition coefficient (Wildman–Crippen LogP) is 3.02. The lowest BCUT2D eigenvalue weighted by atomic mass is 10.2. The number of carbonyl (C=O) groups is 2. The van der Waals surface area contributed by atoms with Gasteiger partial charge in [0.2, 0.25) is 0 Å². The van der Waals surface area contributed by atoms with Crippen LogP contribution in [0.25, 0.3) is 0 Å². The van der Waals surface area contributed by atoms with E-state index in [2.05, 4.69) is 10.4 Å². The van der Waals surface area contributed by atoms with Crippen LogP contribution in [0, 0.1) is 5.82 Å². The second kappa shape index (κ2) is 6.96. The summed E-state index contributed by atoms with van der Waals surface area (Å²) in [5, 5.41) is 15.4. The summed E-state index contributed by atoms with van der Waals surface area (Å²) < 4.78 is 15.4. The monoisotopic (exact) mass is 339 g/mol. The maximum Gasteiger partial charge on any atom is 0.335 e. The molecule has 1 aromatic heterocycles. The van der Waals surface area contributed by atoms with E-state index in [0.29, 0.717) is 6.54 Å². The van der Waals surface area contributed by atoms with Crippen molar-refractivity contribution in [3.63, 3.8) is 0 Å². The number of hydrogen-bond donors (Lipinski definition) is 2. The first-order chi connectivity index (χ1) is 12.0. The van der Waals surface area contributed by atoms with Gasteiger partial charge in [-0.25, -0.2) is 9.18 Å². The topological polar surface area (TPSA) is 84.2 Å². The summed E-state index contributed by atoms with van der Waals surface area (Å²) in [6.07, 6.45) is 2.92. The number of benzene rings is 2. The van der Waals surface area contributed by atoms with Crippen molar-refractivity contribution in [2.45, 2.75) is 6.54 Å². The van der Waals surface area contributed by atoms with Gasteiger partial charge in [0.1, 0.15) is 5.82 Å². The van der Waals surface area contributed by atoms with Crippen LogP contribution in [-0.4, -0.2) is 26.8 Å². The zero-order valence-corrected chi connectivity index (χ0v) is 13.0. The van der Waals surface area contributed by atoms with Gasteiger partial charge in [-0.05, 0) is 23.8 Å². The van der Waals surface area contributed by atoms with Crippen LogP contribution in [0.5, 0.6) is 0 Å². The van der Waals surface area contributed by atoms with Crippen molar-refractivity contribution in [3.05, 3.63) is 83.4 Å². The molecular weight excluding hydrogens is 325 g/mol. The Kier molecular flexibility index (Phi) is 4.56. The van der Waals surface area contributed by atoms with Gasteiger partial charge in [-0.2, -0.15) is 5.10 Å². The van der Waals surface area contributed by atoms with Gasteiger partial charge in [-0.15, -0.1) is 0 Å². The largest absolute Gasteiger partial charge is 0.478 e. The van der Waals surface area contributed by atoms with Crippen molar-refractivity contribution in [3.8, 4) is 0 Å². The number of nitrogens with zero attached hydrogens (tertiary/aromatic N) is 2. The fourth-order valence-electron chi connectivity index (χ4n) is 2.29. The molecule has 1 amide bonds. The molecule has 0 aliphatic carbocycles. The van der Waals surface area contributed by atoms with E-state index in [0.717, 1.165) is 23.8 Å². The molecule has 0 spiro atoms. The van der Waals surface area contributed by atoms with Gasteiger partial charge < -0.3 is 10.4 Å². The number of halogens is 1. The van der Waals surface area contributed by atoms with Gasteiger partial charge in [0.05, 0.1) is 29.6 Å². The molecular formula is C18H14FN3O3. The standard InChI is InChI=1S/C18H14FN3O3/c19-15-7-6-13(18(24)25)8-16(15)21-17(23)14-9-20-22(11-14)10-12-4-2-1-3-5-12/h1-9,11H,10H2,(H,21,23)(H,24,25). The minimum Gasteiger partial charge on any atom is -0.478 e. The van der Waals surface area contributed by atoms with Crippen LogP contribution >= 0.6 is 0 Å². The maximum absolute atomic E-state index is 13.8. The molecule has 0 fully saturated rings. The van der Waals surface area contributed by atoms with Crippen LogP contribution in [0.2, 0.25) is 0 Å². The van der Waals surface area contributed by atoms with Gasteiger partial charge in [-0.3, -0.25) is 9.48 Å². The Morgan fingerprint density at radius 1 is 1.12 bits per heavy atom. The lowest BCUT2D eigenvalue weighted by molar-refractivity contribution is 0.0696. The molecule has 0 saturated heterocycles. The molecule has 126 valence electrons. The maximum atomic E-state index is 13.8. The average Bonchev–Trinajstić information content (AvgIpc) is 3.06. The number of hydrogen-bond acceptors (Lipinski definition) is 3. The predicted molar refractivity (Wildman–Crippen MR) is 89.1 cm³/mol. The van der Waals surface area contributed by atoms with Crippen molar-refractivity contribution in [2.75, 3.05) is 5.32 Å². The van der Waals surface area contributed by atoms with Crippen LogP contribution in [0.3, 0.4) is 0 Å². The highest BCUT2D eigenvalue weighted by Gasteiger charge is 2.14. The van der Waals surface area contributed by atoms with Crippen LogP contribution in [0.1, 0.15) is 26.3 Å². The molecule has 2 aromatic carbocycles. The summed E-state index contributed by atoms with van der Waals surface area (Å²) in [5.41, 5.74) is 0.964. The lowest BCUT2D eigenvalue weighted by Gasteiger charge is -2.06. The van der Waals surface area contributed by atoms with E-state index in [1.165, 1.54) is 6.20 Å². The molecule has 0 aliphatic heterocycles. The van der Waals surface area contributed by atoms with E-state index < -0.39 is 17.7 Å². The molecule has 25 heavy (non-hydrogen) atoms. The number of nitrogens with one attached hydrogen (secondary N) is 1. The van der Waals surface area contributed by atoms with Crippen LogP contribution in [0.4, 0.5) is 10.1 Å². The molecule has 0 saturated carbocycles. The van der Waals surface area contributed by atoms with E-state index in [1.807, 2.05) is 30.3 Å². The quantitative estimate of drug-likeness (QED) is 0.748. The molecule has 7 heteroatoms. The van der Waals surface area contributed by atoms with Gasteiger partial charge >= 0.3 is 5.97 Å². The van der Waals surface area contributed by atoms with Crippen LogP contribution in [0.15, 0.2) is 60.9 Å². The van der Waals surface area contributed by atoms with Gasteiger partial charge in [0, 0.05) is 6.20 Å². The lowest BCUT2D eigenvalue weighted by Crippen LogP contribution is -2.13. The Bertz CT molecular complexity index is 922. The first-order valence-corrected chi connectivity index (χ1v) is 7.43. The van der Waals surface area contributed by atoms with Crippen molar-refractivity contribution in [1.29, 1.82) is 0 Å². The Morgan fingerprint density at radius 2 is 1.88 bits per heavy atom. The smallest absolute Gasteiger partial charge is 0.335 e. The zero-order valence-electron chi connectivity index (χ0n) is 13.0. The molecule has 1 heterocycles. The fourth-order valence-corrected chi connectivity index (χ4v) is 2.29. The number of aromatic carboxylic acids is 1. The SMILES string of the molecule is O=C(O)c1ccc(F)c(NC(=O)c2cnn(Cc3ccccc3)c2)c1. The number of carbonyl (C=O) groups excluding carboxylic acids is 1. The highest BCUT2D eigenvalue weighted by Crippen LogP contribution is 2.17. The van der Waals surface area contributed by atoms with Crippen LogP contribution < -0.4 is 5.32 Å². The molecule has 3 rings (SSSR count). The number of carboxylic acid groups (broad SMARTS) is 1. The van der Waals surface area contributed by atoms with E-state index in [1.54, 1.807) is 10.9 Å². The summed E-state index contributed by atoms with van der Waals surface area (Å²) in [4.78, 5) is 23.2. The van der Waals surface area contributed by atoms with Gasteiger partial charge in [0.15, 0.2) is 0 Å².